The largest absolute Gasteiger partial charge is 0.432 e. The van der Waals surface area contributed by atoms with Gasteiger partial charge in [-0.1, -0.05) is 30.3 Å². The Morgan fingerprint density at radius 3 is 1.65 bits per heavy atom. The number of hydrogen-bond donors (Lipinski definition) is 0. The molecule has 0 bridgehead atoms. The molecule has 0 radical (unpaired) electrons. The van der Waals surface area contributed by atoms with Crippen LogP contribution >= 0.6 is 0 Å². The van der Waals surface area contributed by atoms with E-state index in [-0.39, 0.29) is 5.56 Å². The van der Waals surface area contributed by atoms with E-state index in [2.05, 4.69) is 4.74 Å². The monoisotopic (exact) mass is 480 g/mol. The van der Waals surface area contributed by atoms with Crippen molar-refractivity contribution in [2.24, 2.45) is 0 Å². The Bertz CT molecular complexity index is 1320. The van der Waals surface area contributed by atoms with Crippen LogP contribution in [0.4, 0.5) is 35.1 Å². The summed E-state index contributed by atoms with van der Waals surface area (Å²) in [4.78, 5) is 0. The van der Waals surface area contributed by atoms with E-state index in [1.165, 1.54) is 12.1 Å². The van der Waals surface area contributed by atoms with Gasteiger partial charge in [0.1, 0.15) is 28.8 Å². The maximum atomic E-state index is 14.6. The minimum absolute atomic E-state index is 0.0179. The first kappa shape index (κ1) is 23.3. The van der Waals surface area contributed by atoms with Crippen molar-refractivity contribution in [2.75, 3.05) is 0 Å². The zero-order valence-corrected chi connectivity index (χ0v) is 16.9. The van der Waals surface area contributed by atoms with Crippen molar-refractivity contribution in [3.8, 4) is 28.0 Å². The van der Waals surface area contributed by atoms with Crippen molar-refractivity contribution in [3.63, 3.8) is 0 Å². The molecular weight excluding hydrogens is 468 g/mol. The second-order valence-corrected chi connectivity index (χ2v) is 7.20. The highest BCUT2D eigenvalue weighted by Gasteiger charge is 2.41. The summed E-state index contributed by atoms with van der Waals surface area (Å²) in [6.07, 6.45) is -4.54. The molecule has 4 rings (SSSR count). The van der Waals surface area contributed by atoms with Crippen LogP contribution < -0.4 is 4.74 Å². The Kier molecular flexibility index (Phi) is 6.03. The SMILES string of the molecule is Fc1cc(OC(F)(F)c2c(F)cc(-c3ccccc3)cc2F)ccc1-c1cc(F)c(F)c(F)c1. The maximum absolute atomic E-state index is 14.6. The van der Waals surface area contributed by atoms with Crippen molar-refractivity contribution in [2.45, 2.75) is 6.11 Å². The lowest BCUT2D eigenvalue weighted by molar-refractivity contribution is -0.189. The summed E-state index contributed by atoms with van der Waals surface area (Å²) >= 11 is 0. The quantitative estimate of drug-likeness (QED) is 0.208. The van der Waals surface area contributed by atoms with E-state index in [4.69, 9.17) is 0 Å². The van der Waals surface area contributed by atoms with E-state index in [1.807, 2.05) is 0 Å². The molecule has 0 unspecified atom stereocenters. The molecule has 0 amide bonds. The predicted octanol–water partition coefficient (Wildman–Crippen LogP) is 7.98. The van der Waals surface area contributed by atoms with Crippen LogP contribution in [0.2, 0.25) is 0 Å². The summed E-state index contributed by atoms with van der Waals surface area (Å²) in [5.74, 6) is -10.2. The first-order valence-corrected chi connectivity index (χ1v) is 9.63. The third-order valence-electron chi connectivity index (χ3n) is 4.92. The average molecular weight is 480 g/mol. The van der Waals surface area contributed by atoms with Crippen LogP contribution in [0.25, 0.3) is 22.3 Å². The highest BCUT2D eigenvalue weighted by Crippen LogP contribution is 2.38. The normalized spacial score (nSPS) is 11.5. The van der Waals surface area contributed by atoms with Crippen LogP contribution in [0, 0.1) is 34.9 Å². The lowest BCUT2D eigenvalue weighted by Crippen LogP contribution is -2.25. The molecule has 9 heteroatoms. The summed E-state index contributed by atoms with van der Waals surface area (Å²) < 4.78 is 117. The number of halogens is 8. The minimum atomic E-state index is -4.54. The highest BCUT2D eigenvalue weighted by molar-refractivity contribution is 5.66. The van der Waals surface area contributed by atoms with Crippen molar-refractivity contribution in [1.82, 2.24) is 0 Å². The molecule has 0 fully saturated rings. The average Bonchev–Trinajstić information content (AvgIpc) is 2.77. The fraction of sp³-hybridized carbons (Fsp3) is 0.0400. The molecule has 4 aromatic rings. The number of alkyl halides is 2. The first-order chi connectivity index (χ1) is 16.1. The molecule has 0 atom stereocenters. The van der Waals surface area contributed by atoms with Gasteiger partial charge < -0.3 is 4.74 Å². The van der Waals surface area contributed by atoms with Crippen molar-refractivity contribution >= 4 is 0 Å². The summed E-state index contributed by atoms with van der Waals surface area (Å²) in [5.41, 5.74) is -2.12. The van der Waals surface area contributed by atoms with E-state index in [0.29, 0.717) is 35.9 Å². The number of hydrogen-bond acceptors (Lipinski definition) is 1. The number of ether oxygens (including phenoxy) is 1. The molecule has 0 N–H and O–H groups in total. The summed E-state index contributed by atoms with van der Waals surface area (Å²) in [6.45, 7) is 0. The third kappa shape index (κ3) is 4.46. The van der Waals surface area contributed by atoms with Gasteiger partial charge in [-0.2, -0.15) is 8.78 Å². The van der Waals surface area contributed by atoms with Crippen LogP contribution in [0.5, 0.6) is 5.75 Å². The maximum Gasteiger partial charge on any atom is 0.432 e. The van der Waals surface area contributed by atoms with Crippen molar-refractivity contribution in [3.05, 3.63) is 113 Å². The lowest BCUT2D eigenvalue weighted by atomic mass is 10.0. The van der Waals surface area contributed by atoms with Crippen LogP contribution in [-0.2, 0) is 6.11 Å². The van der Waals surface area contributed by atoms with Crippen LogP contribution in [0.3, 0.4) is 0 Å². The van der Waals surface area contributed by atoms with Gasteiger partial charge in [0.05, 0.1) is 0 Å². The van der Waals surface area contributed by atoms with Gasteiger partial charge in [-0.3, -0.25) is 0 Å². The van der Waals surface area contributed by atoms with Crippen molar-refractivity contribution in [1.29, 1.82) is 0 Å². The Labute approximate surface area is 187 Å². The van der Waals surface area contributed by atoms with Crippen LogP contribution in [0.1, 0.15) is 5.56 Å². The van der Waals surface area contributed by atoms with E-state index in [1.54, 1.807) is 18.2 Å². The van der Waals surface area contributed by atoms with E-state index in [0.717, 1.165) is 12.1 Å². The van der Waals surface area contributed by atoms with Gasteiger partial charge in [-0.25, -0.2) is 26.3 Å². The molecule has 0 aliphatic rings. The zero-order chi connectivity index (χ0) is 24.6. The molecule has 174 valence electrons. The van der Waals surface area contributed by atoms with Gasteiger partial charge in [-0.15, -0.1) is 0 Å². The lowest BCUT2D eigenvalue weighted by Gasteiger charge is -2.20. The van der Waals surface area contributed by atoms with Crippen LogP contribution in [0.15, 0.2) is 72.8 Å². The molecule has 1 nitrogen and oxygen atoms in total. The van der Waals surface area contributed by atoms with Crippen molar-refractivity contribution < 1.29 is 39.9 Å². The smallest absolute Gasteiger partial charge is 0.429 e. The standard InChI is InChI=1S/C25H12F8O/c26-18-12-16(6-7-17(18)15-10-21(29)24(31)22(30)11-15)34-25(32,33)23-19(27)8-14(9-20(23)28)13-4-2-1-3-5-13/h1-12H. The Balaban J connectivity index is 1.64. The Hall–Kier alpha value is -3.88. The predicted molar refractivity (Wildman–Crippen MR) is 108 cm³/mol. The van der Waals surface area contributed by atoms with Gasteiger partial charge in [0, 0.05) is 11.6 Å². The van der Waals surface area contributed by atoms with Gasteiger partial charge in [0.15, 0.2) is 17.5 Å². The molecule has 0 saturated heterocycles. The summed E-state index contributed by atoms with van der Waals surface area (Å²) in [5, 5.41) is 0. The topological polar surface area (TPSA) is 9.23 Å². The second kappa shape index (κ2) is 8.81. The molecule has 0 aromatic heterocycles. The van der Waals surface area contributed by atoms with E-state index < -0.39 is 63.5 Å². The molecule has 0 aliphatic carbocycles. The fourth-order valence-corrected chi connectivity index (χ4v) is 3.35. The Morgan fingerprint density at radius 2 is 1.09 bits per heavy atom. The third-order valence-corrected chi connectivity index (χ3v) is 4.92. The van der Waals surface area contributed by atoms with Crippen LogP contribution in [-0.4, -0.2) is 0 Å². The fourth-order valence-electron chi connectivity index (χ4n) is 3.35. The van der Waals surface area contributed by atoms with E-state index in [9.17, 15) is 35.1 Å². The number of rotatable bonds is 5. The molecule has 4 aromatic carbocycles. The molecule has 0 aliphatic heterocycles. The first-order valence-electron chi connectivity index (χ1n) is 9.63. The molecule has 34 heavy (non-hydrogen) atoms. The molecule has 0 saturated carbocycles. The van der Waals surface area contributed by atoms with E-state index >= 15 is 0 Å². The molecule has 0 heterocycles. The van der Waals surface area contributed by atoms with Gasteiger partial charge in [-0.05, 0) is 53.1 Å². The summed E-state index contributed by atoms with van der Waals surface area (Å²) in [7, 11) is 0. The Morgan fingerprint density at radius 1 is 0.529 bits per heavy atom. The summed E-state index contributed by atoms with van der Waals surface area (Å²) in [6, 6.07) is 12.5. The van der Waals surface area contributed by atoms with Gasteiger partial charge in [0.2, 0.25) is 0 Å². The van der Waals surface area contributed by atoms with Gasteiger partial charge in [0.25, 0.3) is 0 Å². The zero-order valence-electron chi connectivity index (χ0n) is 16.9. The highest BCUT2D eigenvalue weighted by atomic mass is 19.3. The molecular formula is C25H12F8O. The number of benzene rings is 4. The second-order valence-electron chi connectivity index (χ2n) is 7.20. The van der Waals surface area contributed by atoms with Gasteiger partial charge >= 0.3 is 6.11 Å². The molecule has 0 spiro atoms. The minimum Gasteiger partial charge on any atom is -0.429 e.